The smallest absolute Gasteiger partial charge is 0.416 e. The molecule has 2 fully saturated rings. The highest BCUT2D eigenvalue weighted by atomic mass is 35.5. The summed E-state index contributed by atoms with van der Waals surface area (Å²) in [5.41, 5.74) is 1.33. The molecule has 0 unspecified atom stereocenters. The number of nitrogens with zero attached hydrogens (tertiary/aromatic N) is 3. The molecular formula is C25H30ClF3N4O6S. The van der Waals surface area contributed by atoms with Crippen LogP contribution in [-0.4, -0.2) is 77.2 Å². The lowest BCUT2D eigenvalue weighted by Gasteiger charge is -2.42. The Hall–Kier alpha value is -3.07. The van der Waals surface area contributed by atoms with E-state index in [1.165, 1.54) is 34.1 Å². The summed E-state index contributed by atoms with van der Waals surface area (Å²) < 4.78 is 70.9. The molecule has 10 nitrogen and oxygen atoms in total. The summed E-state index contributed by atoms with van der Waals surface area (Å²) in [5.74, 6) is -0.644. The van der Waals surface area contributed by atoms with E-state index in [0.29, 0.717) is 5.69 Å². The fraction of sp³-hybridized carbons (Fsp3) is 0.440. The average molecular weight is 607 g/mol. The van der Waals surface area contributed by atoms with Gasteiger partial charge in [0.15, 0.2) is 4.75 Å². The fourth-order valence-electron chi connectivity index (χ4n) is 4.74. The molecule has 0 spiro atoms. The Labute approximate surface area is 235 Å². The minimum atomic E-state index is -4.45. The van der Waals surface area contributed by atoms with Crippen molar-refractivity contribution in [2.24, 2.45) is 4.99 Å². The van der Waals surface area contributed by atoms with Crippen LogP contribution < -0.4 is 10.2 Å². The van der Waals surface area contributed by atoms with Crippen LogP contribution in [0.5, 0.6) is 11.5 Å². The Morgan fingerprint density at radius 1 is 1.02 bits per heavy atom. The molecule has 2 saturated heterocycles. The van der Waals surface area contributed by atoms with Gasteiger partial charge in [-0.15, -0.1) is 12.4 Å². The van der Waals surface area contributed by atoms with E-state index in [2.05, 4.69) is 4.99 Å². The number of carbonyl (C=O) groups is 1. The quantitative estimate of drug-likeness (QED) is 0.189. The van der Waals surface area contributed by atoms with Gasteiger partial charge in [-0.2, -0.15) is 13.2 Å². The number of rotatable bonds is 7. The van der Waals surface area contributed by atoms with Crippen LogP contribution >= 0.6 is 12.4 Å². The zero-order valence-corrected chi connectivity index (χ0v) is 22.9. The highest BCUT2D eigenvalue weighted by molar-refractivity contribution is 7.91. The van der Waals surface area contributed by atoms with Crippen molar-refractivity contribution in [3.05, 3.63) is 54.1 Å². The first-order valence-electron chi connectivity index (χ1n) is 12.3. The number of halogens is 4. The van der Waals surface area contributed by atoms with Gasteiger partial charge in [0.1, 0.15) is 17.6 Å². The van der Waals surface area contributed by atoms with Gasteiger partial charge in [0.25, 0.3) is 5.91 Å². The van der Waals surface area contributed by atoms with Crippen LogP contribution in [0.1, 0.15) is 31.2 Å². The Morgan fingerprint density at radius 2 is 1.60 bits per heavy atom. The summed E-state index contributed by atoms with van der Waals surface area (Å²) in [5, 5.41) is 18.8. The van der Waals surface area contributed by atoms with Gasteiger partial charge in [-0.1, -0.05) is 0 Å². The maximum atomic E-state index is 13.7. The topological polar surface area (TPSA) is 132 Å². The number of phenols is 1. The highest BCUT2D eigenvalue weighted by Gasteiger charge is 2.55. The number of likely N-dealkylation sites (tertiary alicyclic amines) is 1. The highest BCUT2D eigenvalue weighted by Crippen LogP contribution is 2.36. The first-order chi connectivity index (χ1) is 18.4. The van der Waals surface area contributed by atoms with Gasteiger partial charge in [0, 0.05) is 26.2 Å². The van der Waals surface area contributed by atoms with Crippen LogP contribution in [-0.2, 0) is 21.0 Å². The molecule has 220 valence electrons. The summed E-state index contributed by atoms with van der Waals surface area (Å²) >= 11 is 0. The van der Waals surface area contributed by atoms with Crippen molar-refractivity contribution < 1.29 is 41.4 Å². The van der Waals surface area contributed by atoms with E-state index < -0.39 is 38.5 Å². The second-order valence-corrected chi connectivity index (χ2v) is 11.7. The normalized spacial score (nSPS) is 18.8. The number of aromatic hydroxyl groups is 1. The van der Waals surface area contributed by atoms with Gasteiger partial charge < -0.3 is 14.7 Å². The molecule has 0 saturated carbocycles. The van der Waals surface area contributed by atoms with Crippen molar-refractivity contribution in [2.45, 2.75) is 42.7 Å². The van der Waals surface area contributed by atoms with E-state index in [1.54, 1.807) is 23.4 Å². The maximum absolute atomic E-state index is 13.7. The van der Waals surface area contributed by atoms with Crippen molar-refractivity contribution in [1.29, 1.82) is 0 Å². The number of nitrogens with one attached hydrogen (secondary N) is 1. The lowest BCUT2D eigenvalue weighted by atomic mass is 9.95. The number of aliphatic imine (C=N–C) groups is 1. The lowest BCUT2D eigenvalue weighted by molar-refractivity contribution is -0.137. The van der Waals surface area contributed by atoms with Crippen molar-refractivity contribution in [3.63, 3.8) is 0 Å². The third kappa shape index (κ3) is 6.79. The maximum Gasteiger partial charge on any atom is 0.416 e. The van der Waals surface area contributed by atoms with Crippen LogP contribution in [0.4, 0.5) is 18.9 Å². The van der Waals surface area contributed by atoms with Crippen LogP contribution in [0.25, 0.3) is 0 Å². The summed E-state index contributed by atoms with van der Waals surface area (Å²) in [4.78, 5) is 18.8. The predicted octanol–water partition coefficient (Wildman–Crippen LogP) is 3.71. The Morgan fingerprint density at radius 3 is 2.12 bits per heavy atom. The third-order valence-corrected chi connectivity index (χ3v) is 9.69. The average Bonchev–Trinajstić information content (AvgIpc) is 2.92. The molecule has 2 aliphatic heterocycles. The third-order valence-electron chi connectivity index (χ3n) is 7.06. The van der Waals surface area contributed by atoms with E-state index in [1.807, 2.05) is 0 Å². The summed E-state index contributed by atoms with van der Waals surface area (Å²) in [6, 6.07) is 10.5. The van der Waals surface area contributed by atoms with Gasteiger partial charge in [-0.3, -0.25) is 10.0 Å². The number of phenolic OH excluding ortho intramolecular Hbond substituents is 1. The number of sulfonamides is 1. The monoisotopic (exact) mass is 606 g/mol. The molecule has 2 aromatic carbocycles. The Balaban J connectivity index is 0.00000441. The van der Waals surface area contributed by atoms with Gasteiger partial charge >= 0.3 is 6.18 Å². The first kappa shape index (κ1) is 31.5. The van der Waals surface area contributed by atoms with Gasteiger partial charge in [-0.25, -0.2) is 23.2 Å². The molecule has 3 N–H and O–H groups in total. The number of hydrogen-bond acceptors (Lipinski definition) is 7. The number of carbonyl (C=O) groups excluding carboxylic acids is 1. The molecule has 0 bridgehead atoms. The minimum Gasteiger partial charge on any atom is -0.508 e. The second-order valence-electron chi connectivity index (χ2n) is 9.48. The molecule has 0 aliphatic carbocycles. The fourth-order valence-corrected chi connectivity index (χ4v) is 6.91. The molecule has 2 aromatic rings. The molecule has 40 heavy (non-hydrogen) atoms. The summed E-state index contributed by atoms with van der Waals surface area (Å²) in [6.45, 7) is 0.504. The summed E-state index contributed by atoms with van der Waals surface area (Å²) in [6.07, 6.45) is -2.91. The predicted molar refractivity (Wildman–Crippen MR) is 143 cm³/mol. The first-order valence-corrected chi connectivity index (χ1v) is 13.7. The van der Waals surface area contributed by atoms with Crippen molar-refractivity contribution in [2.75, 3.05) is 26.2 Å². The molecule has 0 aromatic heterocycles. The van der Waals surface area contributed by atoms with Gasteiger partial charge in [-0.05, 0) is 74.2 Å². The van der Waals surface area contributed by atoms with E-state index in [0.717, 1.165) is 12.1 Å². The molecule has 0 radical (unpaired) electrons. The Kier molecular flexibility index (Phi) is 9.93. The van der Waals surface area contributed by atoms with Gasteiger partial charge in [0.2, 0.25) is 10.0 Å². The van der Waals surface area contributed by atoms with Crippen molar-refractivity contribution >= 4 is 40.4 Å². The zero-order chi connectivity index (χ0) is 28.3. The van der Waals surface area contributed by atoms with E-state index in [-0.39, 0.29) is 75.8 Å². The van der Waals surface area contributed by atoms with Crippen molar-refractivity contribution in [1.82, 2.24) is 14.7 Å². The lowest BCUT2D eigenvalue weighted by Crippen LogP contribution is -2.62. The van der Waals surface area contributed by atoms with E-state index in [4.69, 9.17) is 4.74 Å². The largest absolute Gasteiger partial charge is 0.508 e. The van der Waals surface area contributed by atoms with Gasteiger partial charge in [0.05, 0.1) is 17.6 Å². The number of ether oxygens (including phenoxy) is 1. The number of hydroxylamine groups is 1. The molecular weight excluding hydrogens is 577 g/mol. The number of piperidine rings is 2. The van der Waals surface area contributed by atoms with Crippen LogP contribution in [0.3, 0.4) is 0 Å². The second kappa shape index (κ2) is 12.6. The molecule has 1 amide bonds. The molecule has 0 atom stereocenters. The number of benzene rings is 2. The minimum absolute atomic E-state index is 0. The number of hydrogen-bond donors (Lipinski definition) is 3. The molecule has 2 aliphatic rings. The zero-order valence-electron chi connectivity index (χ0n) is 21.2. The number of amides is 1. The number of alkyl halides is 3. The SMILES string of the molecule is Cl.O=C(NO)C1(S(=O)(=O)N2CCC(Oc3ccc(C(F)(F)F)cc3)CC2)CCN(C=Nc2ccc(O)cc2)CC1. The Bertz CT molecular complexity index is 1280. The summed E-state index contributed by atoms with van der Waals surface area (Å²) in [7, 11) is -4.19. The standard InChI is InChI=1S/C25H29F3N4O6S.ClH/c26-25(27,28)18-1-7-21(8-2-18)38-22-9-13-32(14-10-22)39(36,37)24(23(34)30-35)11-15-31(16-12-24)17-29-19-3-5-20(33)6-4-19;/h1-8,17,22,33,35H,9-16H2,(H,30,34);1H. The van der Waals surface area contributed by atoms with Crippen molar-refractivity contribution in [3.8, 4) is 11.5 Å². The molecule has 2 heterocycles. The van der Waals surface area contributed by atoms with Crippen LogP contribution in [0.2, 0.25) is 0 Å². The van der Waals surface area contributed by atoms with E-state index >= 15 is 0 Å². The van der Waals surface area contributed by atoms with Crippen LogP contribution in [0, 0.1) is 0 Å². The van der Waals surface area contributed by atoms with E-state index in [9.17, 15) is 36.7 Å². The van der Waals surface area contributed by atoms with Crippen LogP contribution in [0.15, 0.2) is 53.5 Å². The molecule has 4 rings (SSSR count). The molecule has 15 heteroatoms.